The van der Waals surface area contributed by atoms with Crippen molar-refractivity contribution in [3.63, 3.8) is 0 Å². The van der Waals surface area contributed by atoms with Crippen LogP contribution in [-0.4, -0.2) is 37.0 Å². The maximum Gasteiger partial charge on any atom is 0.226 e. The van der Waals surface area contributed by atoms with Crippen LogP contribution in [0.25, 0.3) is 0 Å². The molecule has 152 valence electrons. The van der Waals surface area contributed by atoms with Crippen LogP contribution in [0.4, 0.5) is 5.69 Å². The van der Waals surface area contributed by atoms with Crippen LogP contribution in [0.5, 0.6) is 0 Å². The predicted molar refractivity (Wildman–Crippen MR) is 121 cm³/mol. The molecule has 0 aromatic heterocycles. The quantitative estimate of drug-likeness (QED) is 0.445. The van der Waals surface area contributed by atoms with E-state index in [0.717, 1.165) is 35.5 Å². The highest BCUT2D eigenvalue weighted by Gasteiger charge is 2.50. The minimum absolute atomic E-state index is 0.0154. The van der Waals surface area contributed by atoms with Crippen LogP contribution in [0.15, 0.2) is 58.7 Å². The van der Waals surface area contributed by atoms with E-state index in [2.05, 4.69) is 44.7 Å². The topological polar surface area (TPSA) is 57.1 Å². The molecule has 3 rings (SSSR count). The minimum Gasteiger partial charge on any atom is -0.364 e. The number of nitrogens with one attached hydrogen (secondary N) is 1. The van der Waals surface area contributed by atoms with Crippen LogP contribution >= 0.6 is 0 Å². The van der Waals surface area contributed by atoms with Crippen molar-refractivity contribution in [2.45, 2.75) is 39.0 Å². The van der Waals surface area contributed by atoms with Gasteiger partial charge in [0.25, 0.3) is 0 Å². The van der Waals surface area contributed by atoms with E-state index in [-0.39, 0.29) is 17.2 Å². The molecule has 0 atom stereocenters. The van der Waals surface area contributed by atoms with Crippen molar-refractivity contribution < 1.29 is 4.79 Å². The second-order valence-electron chi connectivity index (χ2n) is 8.23. The van der Waals surface area contributed by atoms with Crippen molar-refractivity contribution in [3.8, 4) is 0 Å². The summed E-state index contributed by atoms with van der Waals surface area (Å²) in [4.78, 5) is 13.9. The Morgan fingerprint density at radius 3 is 2.38 bits per heavy atom. The summed E-state index contributed by atoms with van der Waals surface area (Å²) in [6.45, 7) is 5.77. The van der Waals surface area contributed by atoms with Crippen molar-refractivity contribution in [1.82, 2.24) is 4.90 Å². The molecule has 1 fully saturated rings. The summed E-state index contributed by atoms with van der Waals surface area (Å²) < 4.78 is 0. The fraction of sp³-hybridized carbons (Fsp3) is 0.375. The lowest BCUT2D eigenvalue weighted by molar-refractivity contribution is -0.118. The SMILES string of the molecule is Cc1cc(NC(=O)C(C)C)ccc1/C=N/N=C(\N(C)C)C1(c2ccccc2)CC1. The Hall–Kier alpha value is -2.95. The van der Waals surface area contributed by atoms with Crippen molar-refractivity contribution in [2.75, 3.05) is 19.4 Å². The van der Waals surface area contributed by atoms with E-state index in [4.69, 9.17) is 0 Å². The molecule has 1 amide bonds. The van der Waals surface area contributed by atoms with Crippen molar-refractivity contribution in [1.29, 1.82) is 0 Å². The number of likely N-dealkylation sites (N-methyl/N-ethyl adjacent to an activating group) is 1. The number of aryl methyl sites for hydroxylation is 1. The number of carbonyl (C=O) groups excluding carboxylic acids is 1. The highest BCUT2D eigenvalue weighted by molar-refractivity contribution is 5.96. The molecule has 0 bridgehead atoms. The Kier molecular flexibility index (Phi) is 6.16. The van der Waals surface area contributed by atoms with Crippen molar-refractivity contribution >= 4 is 23.6 Å². The van der Waals surface area contributed by atoms with Crippen LogP contribution in [0.3, 0.4) is 0 Å². The van der Waals surface area contributed by atoms with Gasteiger partial charge in [0, 0.05) is 25.7 Å². The van der Waals surface area contributed by atoms with E-state index in [0.29, 0.717) is 0 Å². The second-order valence-corrected chi connectivity index (χ2v) is 8.23. The van der Waals surface area contributed by atoms with Crippen LogP contribution in [0, 0.1) is 12.8 Å². The summed E-state index contributed by atoms with van der Waals surface area (Å²) in [5.74, 6) is 0.954. The number of anilines is 1. The molecule has 1 saturated carbocycles. The number of nitrogens with zero attached hydrogens (tertiary/aromatic N) is 3. The second kappa shape index (κ2) is 8.60. The molecule has 0 aliphatic heterocycles. The van der Waals surface area contributed by atoms with Gasteiger partial charge in [-0.25, -0.2) is 0 Å². The first-order valence-electron chi connectivity index (χ1n) is 10.1. The largest absolute Gasteiger partial charge is 0.364 e. The first-order chi connectivity index (χ1) is 13.8. The first-order valence-corrected chi connectivity index (χ1v) is 10.1. The number of amidine groups is 1. The number of hydrogen-bond donors (Lipinski definition) is 1. The lowest BCUT2D eigenvalue weighted by atomic mass is 9.94. The van der Waals surface area contributed by atoms with E-state index in [9.17, 15) is 4.79 Å². The van der Waals surface area contributed by atoms with Gasteiger partial charge in [-0.15, -0.1) is 5.10 Å². The maximum atomic E-state index is 11.9. The Labute approximate surface area is 173 Å². The molecule has 0 saturated heterocycles. The van der Waals surface area contributed by atoms with Crippen molar-refractivity contribution in [2.24, 2.45) is 16.1 Å². The van der Waals surface area contributed by atoms with Crippen LogP contribution in [-0.2, 0) is 10.2 Å². The van der Waals surface area contributed by atoms with E-state index in [1.807, 2.05) is 59.1 Å². The summed E-state index contributed by atoms with van der Waals surface area (Å²) in [6, 6.07) is 16.4. The molecule has 1 aliphatic rings. The minimum atomic E-state index is -0.0466. The van der Waals surface area contributed by atoms with E-state index in [1.54, 1.807) is 6.21 Å². The van der Waals surface area contributed by atoms with E-state index < -0.39 is 0 Å². The Bertz CT molecular complexity index is 925. The van der Waals surface area contributed by atoms with Gasteiger partial charge in [0.15, 0.2) is 0 Å². The van der Waals surface area contributed by atoms with Gasteiger partial charge in [0.05, 0.1) is 11.6 Å². The summed E-state index contributed by atoms with van der Waals surface area (Å²) in [5, 5.41) is 11.9. The van der Waals surface area contributed by atoms with Gasteiger partial charge < -0.3 is 10.2 Å². The molecule has 1 aliphatic carbocycles. The number of rotatable bonds is 6. The van der Waals surface area contributed by atoms with Gasteiger partial charge >= 0.3 is 0 Å². The third-order valence-corrected chi connectivity index (χ3v) is 5.34. The molecule has 2 aromatic rings. The normalized spacial score (nSPS) is 15.6. The standard InChI is InChI=1S/C24H30N4O/c1-17(2)22(29)26-21-12-11-19(18(3)15-21)16-25-27-23(28(4)5)24(13-14-24)20-9-7-6-8-10-20/h6-12,15-17H,13-14H2,1-5H3,(H,26,29)/b25-16+,27-23-. The number of hydrogen-bond acceptors (Lipinski definition) is 3. The fourth-order valence-electron chi connectivity index (χ4n) is 3.47. The smallest absolute Gasteiger partial charge is 0.226 e. The first kappa shape index (κ1) is 20.8. The molecule has 5 nitrogen and oxygen atoms in total. The number of amides is 1. The fourth-order valence-corrected chi connectivity index (χ4v) is 3.47. The van der Waals surface area contributed by atoms with Crippen LogP contribution in [0.2, 0.25) is 0 Å². The van der Waals surface area contributed by atoms with E-state index >= 15 is 0 Å². The maximum absolute atomic E-state index is 11.9. The lowest BCUT2D eigenvalue weighted by Gasteiger charge is -2.24. The number of carbonyl (C=O) groups is 1. The zero-order valence-electron chi connectivity index (χ0n) is 17.9. The molecule has 29 heavy (non-hydrogen) atoms. The summed E-state index contributed by atoms with van der Waals surface area (Å²) in [5.41, 5.74) is 4.10. The van der Waals surface area contributed by atoms with Gasteiger partial charge in [-0.2, -0.15) is 5.10 Å². The molecule has 2 aromatic carbocycles. The van der Waals surface area contributed by atoms with Gasteiger partial charge in [-0.3, -0.25) is 4.79 Å². The summed E-state index contributed by atoms with van der Waals surface area (Å²) in [6.07, 6.45) is 3.97. The lowest BCUT2D eigenvalue weighted by Crippen LogP contribution is -2.33. The molecular weight excluding hydrogens is 360 g/mol. The highest BCUT2D eigenvalue weighted by atomic mass is 16.1. The Morgan fingerprint density at radius 2 is 1.83 bits per heavy atom. The molecule has 5 heteroatoms. The Morgan fingerprint density at radius 1 is 1.14 bits per heavy atom. The van der Waals surface area contributed by atoms with Gasteiger partial charge in [-0.05, 0) is 48.6 Å². The van der Waals surface area contributed by atoms with Gasteiger partial charge in [0.2, 0.25) is 5.91 Å². The molecule has 0 unspecified atom stereocenters. The molecular formula is C24H30N4O. The molecule has 1 N–H and O–H groups in total. The average molecular weight is 391 g/mol. The third-order valence-electron chi connectivity index (χ3n) is 5.34. The van der Waals surface area contributed by atoms with Crippen LogP contribution in [0.1, 0.15) is 43.4 Å². The summed E-state index contributed by atoms with van der Waals surface area (Å²) >= 11 is 0. The average Bonchev–Trinajstić information content (AvgIpc) is 3.48. The molecule has 0 radical (unpaired) electrons. The summed E-state index contributed by atoms with van der Waals surface area (Å²) in [7, 11) is 4.05. The van der Waals surface area contributed by atoms with E-state index in [1.165, 1.54) is 5.56 Å². The van der Waals surface area contributed by atoms with Crippen molar-refractivity contribution in [3.05, 3.63) is 65.2 Å². The highest BCUT2D eigenvalue weighted by Crippen LogP contribution is 2.49. The predicted octanol–water partition coefficient (Wildman–Crippen LogP) is 4.62. The Balaban J connectivity index is 1.79. The zero-order chi connectivity index (χ0) is 21.0. The number of benzene rings is 2. The van der Waals surface area contributed by atoms with Gasteiger partial charge in [-0.1, -0.05) is 50.2 Å². The van der Waals surface area contributed by atoms with Crippen LogP contribution < -0.4 is 5.32 Å². The van der Waals surface area contributed by atoms with Gasteiger partial charge in [0.1, 0.15) is 5.84 Å². The molecule has 0 spiro atoms. The third kappa shape index (κ3) is 4.73. The molecule has 0 heterocycles. The zero-order valence-corrected chi connectivity index (χ0v) is 17.9. The monoisotopic (exact) mass is 390 g/mol.